The van der Waals surface area contributed by atoms with E-state index in [2.05, 4.69) is 4.98 Å². The summed E-state index contributed by atoms with van der Waals surface area (Å²) in [5, 5.41) is 1.58. The summed E-state index contributed by atoms with van der Waals surface area (Å²) in [6.45, 7) is 0. The van der Waals surface area contributed by atoms with E-state index in [-0.39, 0.29) is 17.7 Å². The van der Waals surface area contributed by atoms with Crippen LogP contribution in [-0.4, -0.2) is 17.1 Å². The first-order valence-electron chi connectivity index (χ1n) is 5.76. The zero-order valence-electron chi connectivity index (χ0n) is 9.35. The molecule has 3 N–H and O–H groups in total. The van der Waals surface area contributed by atoms with Gasteiger partial charge >= 0.3 is 0 Å². The Balaban J connectivity index is 1.93. The number of hydrogen-bond donors (Lipinski definition) is 2. The zero-order chi connectivity index (χ0) is 11.8. The fourth-order valence-corrected chi connectivity index (χ4v) is 2.13. The van der Waals surface area contributed by atoms with E-state index >= 15 is 0 Å². The van der Waals surface area contributed by atoms with E-state index in [4.69, 9.17) is 10.5 Å². The standard InChI is InChI=1S/C13H14N2O2/c14-9-6-10(7-9)17-12-5-8-3-1-2-4-11(8)13(16)15-12/h1-5,9-10H,6-7,14H2,(H,15,16). The monoisotopic (exact) mass is 230 g/mol. The van der Waals surface area contributed by atoms with Crippen LogP contribution in [0.4, 0.5) is 0 Å². The summed E-state index contributed by atoms with van der Waals surface area (Å²) >= 11 is 0. The summed E-state index contributed by atoms with van der Waals surface area (Å²) in [6, 6.07) is 9.57. The third-order valence-corrected chi connectivity index (χ3v) is 3.15. The molecule has 0 bridgehead atoms. The van der Waals surface area contributed by atoms with Crippen LogP contribution < -0.4 is 16.0 Å². The van der Waals surface area contributed by atoms with Crippen LogP contribution in [0, 0.1) is 0 Å². The number of nitrogens with one attached hydrogen (secondary N) is 1. The van der Waals surface area contributed by atoms with Crippen molar-refractivity contribution in [2.75, 3.05) is 0 Å². The Morgan fingerprint density at radius 2 is 2.06 bits per heavy atom. The minimum absolute atomic E-state index is 0.110. The molecule has 0 atom stereocenters. The van der Waals surface area contributed by atoms with Crippen molar-refractivity contribution >= 4 is 10.8 Å². The molecule has 0 spiro atoms. The summed E-state index contributed by atoms with van der Waals surface area (Å²) in [4.78, 5) is 14.5. The van der Waals surface area contributed by atoms with E-state index in [1.807, 2.05) is 24.3 Å². The number of rotatable bonds is 2. The second-order valence-corrected chi connectivity index (χ2v) is 4.52. The van der Waals surface area contributed by atoms with Crippen LogP contribution in [0.25, 0.3) is 10.8 Å². The van der Waals surface area contributed by atoms with E-state index in [0.29, 0.717) is 11.3 Å². The molecule has 0 amide bonds. The van der Waals surface area contributed by atoms with Crippen molar-refractivity contribution in [3.63, 3.8) is 0 Å². The highest BCUT2D eigenvalue weighted by atomic mass is 16.5. The maximum absolute atomic E-state index is 11.8. The van der Waals surface area contributed by atoms with Crippen molar-refractivity contribution in [1.82, 2.24) is 4.98 Å². The van der Waals surface area contributed by atoms with Gasteiger partial charge in [0.25, 0.3) is 5.56 Å². The van der Waals surface area contributed by atoms with Crippen LogP contribution in [0.1, 0.15) is 12.8 Å². The Hall–Kier alpha value is -1.81. The molecule has 4 heteroatoms. The Labute approximate surface area is 98.4 Å². The summed E-state index contributed by atoms with van der Waals surface area (Å²) in [6.07, 6.45) is 1.85. The number of benzene rings is 1. The normalized spacial score (nSPS) is 23.4. The number of aromatic nitrogens is 1. The van der Waals surface area contributed by atoms with Gasteiger partial charge in [-0.2, -0.15) is 0 Å². The Morgan fingerprint density at radius 1 is 1.29 bits per heavy atom. The molecule has 1 aromatic heterocycles. The number of H-pyrrole nitrogens is 1. The Bertz CT molecular complexity index is 600. The first-order chi connectivity index (χ1) is 8.22. The summed E-state index contributed by atoms with van der Waals surface area (Å²) < 4.78 is 5.67. The van der Waals surface area contributed by atoms with Gasteiger partial charge in [0.15, 0.2) is 5.88 Å². The molecular weight excluding hydrogens is 216 g/mol. The van der Waals surface area contributed by atoms with Crippen LogP contribution in [0.15, 0.2) is 35.1 Å². The average Bonchev–Trinajstić information content (AvgIpc) is 2.27. The van der Waals surface area contributed by atoms with Gasteiger partial charge in [-0.25, -0.2) is 0 Å². The summed E-state index contributed by atoms with van der Waals surface area (Å²) in [5.74, 6) is 0.533. The largest absolute Gasteiger partial charge is 0.475 e. The van der Waals surface area contributed by atoms with E-state index in [0.717, 1.165) is 18.2 Å². The predicted octanol–water partition coefficient (Wildman–Crippen LogP) is 1.40. The highest BCUT2D eigenvalue weighted by Crippen LogP contribution is 2.24. The fraction of sp³-hybridized carbons (Fsp3) is 0.308. The number of fused-ring (bicyclic) bond motifs is 1. The molecule has 1 aromatic carbocycles. The molecule has 0 saturated heterocycles. The Kier molecular flexibility index (Phi) is 2.37. The van der Waals surface area contributed by atoms with Crippen molar-refractivity contribution in [3.05, 3.63) is 40.7 Å². The minimum Gasteiger partial charge on any atom is -0.475 e. The molecule has 1 aliphatic rings. The molecule has 1 fully saturated rings. The molecule has 3 rings (SSSR count). The van der Waals surface area contributed by atoms with E-state index in [9.17, 15) is 4.79 Å². The summed E-state index contributed by atoms with van der Waals surface area (Å²) in [5.41, 5.74) is 5.58. The van der Waals surface area contributed by atoms with Gasteiger partial charge in [-0.3, -0.25) is 9.78 Å². The van der Waals surface area contributed by atoms with Gasteiger partial charge in [-0.05, 0) is 24.3 Å². The molecule has 0 radical (unpaired) electrons. The van der Waals surface area contributed by atoms with Crippen LogP contribution >= 0.6 is 0 Å². The van der Waals surface area contributed by atoms with Gasteiger partial charge in [0.2, 0.25) is 0 Å². The molecule has 88 valence electrons. The molecule has 1 heterocycles. The van der Waals surface area contributed by atoms with E-state index in [1.165, 1.54) is 0 Å². The number of nitrogens with two attached hydrogens (primary N) is 1. The third kappa shape index (κ3) is 1.91. The average molecular weight is 230 g/mol. The number of ether oxygens (including phenoxy) is 1. The van der Waals surface area contributed by atoms with Crippen LogP contribution in [0.5, 0.6) is 5.88 Å². The molecule has 1 saturated carbocycles. The molecule has 4 nitrogen and oxygen atoms in total. The van der Waals surface area contributed by atoms with Gasteiger partial charge in [-0.15, -0.1) is 0 Å². The van der Waals surface area contributed by atoms with Crippen molar-refractivity contribution in [2.45, 2.75) is 25.0 Å². The third-order valence-electron chi connectivity index (χ3n) is 3.15. The lowest BCUT2D eigenvalue weighted by Gasteiger charge is -2.32. The van der Waals surface area contributed by atoms with Gasteiger partial charge < -0.3 is 10.5 Å². The lowest BCUT2D eigenvalue weighted by molar-refractivity contribution is 0.0958. The van der Waals surface area contributed by atoms with Gasteiger partial charge in [0.05, 0.1) is 0 Å². The SMILES string of the molecule is NC1CC(Oc2cc3ccccc3c(=O)[nH]2)C1. The number of hydrogen-bond acceptors (Lipinski definition) is 3. The second kappa shape index (κ2) is 3.89. The van der Waals surface area contributed by atoms with Crippen LogP contribution in [-0.2, 0) is 0 Å². The first-order valence-corrected chi connectivity index (χ1v) is 5.76. The van der Waals surface area contributed by atoms with Gasteiger partial charge in [0.1, 0.15) is 6.10 Å². The topological polar surface area (TPSA) is 68.1 Å². The molecule has 17 heavy (non-hydrogen) atoms. The lowest BCUT2D eigenvalue weighted by atomic mass is 9.90. The van der Waals surface area contributed by atoms with Crippen molar-refractivity contribution < 1.29 is 4.74 Å². The second-order valence-electron chi connectivity index (χ2n) is 4.52. The van der Waals surface area contributed by atoms with Crippen molar-refractivity contribution in [1.29, 1.82) is 0 Å². The number of aromatic amines is 1. The molecule has 0 unspecified atom stereocenters. The maximum Gasteiger partial charge on any atom is 0.258 e. The van der Waals surface area contributed by atoms with E-state index in [1.54, 1.807) is 6.07 Å². The highest BCUT2D eigenvalue weighted by Gasteiger charge is 2.27. The zero-order valence-corrected chi connectivity index (χ0v) is 9.35. The van der Waals surface area contributed by atoms with E-state index < -0.39 is 0 Å². The molecule has 2 aromatic rings. The molecule has 1 aliphatic carbocycles. The van der Waals surface area contributed by atoms with Crippen molar-refractivity contribution in [2.24, 2.45) is 5.73 Å². The highest BCUT2D eigenvalue weighted by molar-refractivity contribution is 5.82. The summed E-state index contributed by atoms with van der Waals surface area (Å²) in [7, 11) is 0. The fourth-order valence-electron chi connectivity index (χ4n) is 2.13. The van der Waals surface area contributed by atoms with Crippen LogP contribution in [0.3, 0.4) is 0 Å². The van der Waals surface area contributed by atoms with Gasteiger partial charge in [0, 0.05) is 17.5 Å². The molecule has 0 aliphatic heterocycles. The predicted molar refractivity (Wildman–Crippen MR) is 66.2 cm³/mol. The first kappa shape index (κ1) is 10.4. The minimum atomic E-state index is -0.110. The van der Waals surface area contributed by atoms with Crippen molar-refractivity contribution in [3.8, 4) is 5.88 Å². The quantitative estimate of drug-likeness (QED) is 0.819. The lowest BCUT2D eigenvalue weighted by Crippen LogP contribution is -2.43. The maximum atomic E-state index is 11.8. The smallest absolute Gasteiger partial charge is 0.258 e. The molecular formula is C13H14N2O2. The number of pyridine rings is 1. The van der Waals surface area contributed by atoms with Gasteiger partial charge in [-0.1, -0.05) is 18.2 Å². The van der Waals surface area contributed by atoms with Crippen LogP contribution in [0.2, 0.25) is 0 Å². The Morgan fingerprint density at radius 3 is 2.82 bits per heavy atom.